The Kier molecular flexibility index (Phi) is 7.35. The number of carbonyl (C=O) groups excluding carboxylic acids is 1. The van der Waals surface area contributed by atoms with Crippen molar-refractivity contribution in [2.45, 2.75) is 38.6 Å². The normalized spacial score (nSPS) is 11.7. The number of nitrogens with one attached hydrogen (secondary N) is 1. The molecule has 1 aromatic heterocycles. The minimum atomic E-state index is -0.329. The van der Waals surface area contributed by atoms with E-state index in [1.165, 1.54) is 11.8 Å². The second-order valence-corrected chi connectivity index (χ2v) is 7.64. The number of anilines is 1. The van der Waals surface area contributed by atoms with Gasteiger partial charge in [0.2, 0.25) is 5.91 Å². The van der Waals surface area contributed by atoms with E-state index in [-0.39, 0.29) is 17.8 Å². The summed E-state index contributed by atoms with van der Waals surface area (Å²) in [5.74, 6) is 2.16. The number of benzene rings is 2. The Balaban J connectivity index is 1.65. The van der Waals surface area contributed by atoms with Gasteiger partial charge in [-0.3, -0.25) is 4.79 Å². The summed E-state index contributed by atoms with van der Waals surface area (Å²) in [7, 11) is 1.61. The van der Waals surface area contributed by atoms with E-state index in [0.29, 0.717) is 29.0 Å². The Bertz CT molecular complexity index is 1010. The van der Waals surface area contributed by atoms with Gasteiger partial charge in [-0.2, -0.15) is 0 Å². The van der Waals surface area contributed by atoms with Crippen LogP contribution in [-0.4, -0.2) is 33.5 Å². The van der Waals surface area contributed by atoms with E-state index in [2.05, 4.69) is 15.5 Å². The van der Waals surface area contributed by atoms with Crippen molar-refractivity contribution in [1.29, 1.82) is 0 Å². The number of carbonyl (C=O) groups is 1. The second kappa shape index (κ2) is 10.2. The monoisotopic (exact) mass is 426 g/mol. The number of rotatable bonds is 9. The summed E-state index contributed by atoms with van der Waals surface area (Å²) in [6.07, 6.45) is -0.329. The van der Waals surface area contributed by atoms with E-state index in [4.69, 9.17) is 9.47 Å². The van der Waals surface area contributed by atoms with Crippen LogP contribution in [0.3, 0.4) is 0 Å². The number of ether oxygens (including phenoxy) is 2. The van der Waals surface area contributed by atoms with Crippen LogP contribution in [0.15, 0.2) is 53.7 Å². The first-order valence-electron chi connectivity index (χ1n) is 9.74. The van der Waals surface area contributed by atoms with Gasteiger partial charge in [0, 0.05) is 12.2 Å². The van der Waals surface area contributed by atoms with Gasteiger partial charge in [0.15, 0.2) is 28.6 Å². The minimum absolute atomic E-state index is 0.0869. The fourth-order valence-electron chi connectivity index (χ4n) is 3.01. The SMILES string of the molecule is CCn1c(SCC(=O)Nc2cccc(C)c2)nnc1C(C)Oc1ccccc1OC. The van der Waals surface area contributed by atoms with Crippen molar-refractivity contribution in [2.24, 2.45) is 0 Å². The second-order valence-electron chi connectivity index (χ2n) is 6.70. The summed E-state index contributed by atoms with van der Waals surface area (Å²) >= 11 is 1.35. The lowest BCUT2D eigenvalue weighted by Crippen LogP contribution is -2.15. The number of hydrogen-bond donors (Lipinski definition) is 1. The molecule has 0 aliphatic rings. The van der Waals surface area contributed by atoms with Gasteiger partial charge in [-0.1, -0.05) is 36.0 Å². The molecule has 1 atom stereocenters. The van der Waals surface area contributed by atoms with Crippen molar-refractivity contribution in [3.8, 4) is 11.5 Å². The Hall–Kier alpha value is -3.00. The Labute approximate surface area is 180 Å². The summed E-state index contributed by atoms with van der Waals surface area (Å²) in [6.45, 7) is 6.59. The maximum Gasteiger partial charge on any atom is 0.234 e. The maximum atomic E-state index is 12.3. The largest absolute Gasteiger partial charge is 0.493 e. The molecule has 3 rings (SSSR count). The molecule has 0 aliphatic heterocycles. The van der Waals surface area contributed by atoms with Crippen LogP contribution in [0.2, 0.25) is 0 Å². The van der Waals surface area contributed by atoms with Crippen LogP contribution in [-0.2, 0) is 11.3 Å². The third kappa shape index (κ3) is 5.33. The number of aryl methyl sites for hydroxylation is 1. The first kappa shape index (κ1) is 21.7. The highest BCUT2D eigenvalue weighted by Gasteiger charge is 2.20. The molecule has 30 heavy (non-hydrogen) atoms. The molecule has 1 heterocycles. The van der Waals surface area contributed by atoms with Crippen molar-refractivity contribution < 1.29 is 14.3 Å². The molecule has 8 heteroatoms. The van der Waals surface area contributed by atoms with Gasteiger partial charge in [-0.15, -0.1) is 10.2 Å². The molecule has 0 spiro atoms. The van der Waals surface area contributed by atoms with Crippen molar-refractivity contribution in [2.75, 3.05) is 18.2 Å². The summed E-state index contributed by atoms with van der Waals surface area (Å²) in [4.78, 5) is 12.3. The van der Waals surface area contributed by atoms with Crippen molar-refractivity contribution in [3.63, 3.8) is 0 Å². The van der Waals surface area contributed by atoms with Gasteiger partial charge in [-0.25, -0.2) is 0 Å². The molecular formula is C22H26N4O3S. The lowest BCUT2D eigenvalue weighted by Gasteiger charge is -2.17. The number of hydrogen-bond acceptors (Lipinski definition) is 6. The molecular weight excluding hydrogens is 400 g/mol. The first-order valence-corrected chi connectivity index (χ1v) is 10.7. The lowest BCUT2D eigenvalue weighted by atomic mass is 10.2. The highest BCUT2D eigenvalue weighted by Crippen LogP contribution is 2.31. The molecule has 3 aromatic rings. The predicted octanol–water partition coefficient (Wildman–Crippen LogP) is 4.49. The lowest BCUT2D eigenvalue weighted by molar-refractivity contribution is -0.113. The number of aromatic nitrogens is 3. The zero-order chi connectivity index (χ0) is 21.5. The quantitative estimate of drug-likeness (QED) is 0.508. The van der Waals surface area contributed by atoms with Crippen molar-refractivity contribution in [3.05, 3.63) is 59.9 Å². The van der Waals surface area contributed by atoms with E-state index in [9.17, 15) is 4.79 Å². The van der Waals surface area contributed by atoms with Crippen molar-refractivity contribution in [1.82, 2.24) is 14.8 Å². The number of nitrogens with zero attached hydrogens (tertiary/aromatic N) is 3. The van der Waals surface area contributed by atoms with E-state index in [0.717, 1.165) is 11.3 Å². The van der Waals surface area contributed by atoms with Gasteiger partial charge in [0.25, 0.3) is 0 Å². The average molecular weight is 427 g/mol. The Morgan fingerprint density at radius 1 is 1.17 bits per heavy atom. The Morgan fingerprint density at radius 3 is 2.63 bits per heavy atom. The van der Waals surface area contributed by atoms with Crippen LogP contribution in [0.5, 0.6) is 11.5 Å². The molecule has 0 saturated heterocycles. The molecule has 1 N–H and O–H groups in total. The molecule has 1 amide bonds. The molecule has 0 saturated carbocycles. The van der Waals surface area contributed by atoms with Crippen LogP contribution < -0.4 is 14.8 Å². The fraction of sp³-hybridized carbons (Fsp3) is 0.318. The van der Waals surface area contributed by atoms with Gasteiger partial charge in [-0.05, 0) is 50.6 Å². The molecule has 0 radical (unpaired) electrons. The molecule has 1 unspecified atom stereocenters. The predicted molar refractivity (Wildman–Crippen MR) is 118 cm³/mol. The summed E-state index contributed by atoms with van der Waals surface area (Å²) in [5, 5.41) is 12.2. The van der Waals surface area contributed by atoms with E-state index >= 15 is 0 Å². The van der Waals surface area contributed by atoms with Crippen LogP contribution >= 0.6 is 11.8 Å². The first-order chi connectivity index (χ1) is 14.5. The standard InChI is InChI=1S/C22H26N4O3S/c1-5-26-21(16(3)29-19-12-7-6-11-18(19)28-4)24-25-22(26)30-14-20(27)23-17-10-8-9-15(2)13-17/h6-13,16H,5,14H2,1-4H3,(H,23,27). The molecule has 7 nitrogen and oxygen atoms in total. The highest BCUT2D eigenvalue weighted by molar-refractivity contribution is 7.99. The Morgan fingerprint density at radius 2 is 1.93 bits per heavy atom. The maximum absolute atomic E-state index is 12.3. The van der Waals surface area contributed by atoms with Crippen LogP contribution in [0.25, 0.3) is 0 Å². The molecule has 0 fully saturated rings. The number of amides is 1. The average Bonchev–Trinajstić information content (AvgIpc) is 3.15. The van der Waals surface area contributed by atoms with Gasteiger partial charge >= 0.3 is 0 Å². The highest BCUT2D eigenvalue weighted by atomic mass is 32.2. The number of thioether (sulfide) groups is 1. The summed E-state index contributed by atoms with van der Waals surface area (Å²) in [6, 6.07) is 15.2. The number of para-hydroxylation sites is 2. The number of methoxy groups -OCH3 is 1. The zero-order valence-corrected chi connectivity index (χ0v) is 18.4. The molecule has 158 valence electrons. The van der Waals surface area contributed by atoms with Crippen molar-refractivity contribution >= 4 is 23.4 Å². The molecule has 0 aliphatic carbocycles. The summed E-state index contributed by atoms with van der Waals surface area (Å²) in [5.41, 5.74) is 1.89. The van der Waals surface area contributed by atoms with Crippen LogP contribution in [0.4, 0.5) is 5.69 Å². The third-order valence-electron chi connectivity index (χ3n) is 4.43. The summed E-state index contributed by atoms with van der Waals surface area (Å²) < 4.78 is 13.4. The molecule has 2 aromatic carbocycles. The van der Waals surface area contributed by atoms with E-state index in [1.54, 1.807) is 7.11 Å². The smallest absolute Gasteiger partial charge is 0.234 e. The van der Waals surface area contributed by atoms with E-state index in [1.807, 2.05) is 73.9 Å². The van der Waals surface area contributed by atoms with Gasteiger partial charge in [0.05, 0.1) is 12.9 Å². The molecule has 0 bridgehead atoms. The van der Waals surface area contributed by atoms with Crippen LogP contribution in [0, 0.1) is 6.92 Å². The third-order valence-corrected chi connectivity index (χ3v) is 5.40. The van der Waals surface area contributed by atoms with Gasteiger partial charge in [0.1, 0.15) is 0 Å². The van der Waals surface area contributed by atoms with E-state index < -0.39 is 0 Å². The van der Waals surface area contributed by atoms with Gasteiger partial charge < -0.3 is 19.4 Å². The van der Waals surface area contributed by atoms with Crippen LogP contribution in [0.1, 0.15) is 31.3 Å². The minimum Gasteiger partial charge on any atom is -0.493 e. The zero-order valence-electron chi connectivity index (χ0n) is 17.6. The fourth-order valence-corrected chi connectivity index (χ4v) is 3.82. The topological polar surface area (TPSA) is 78.3 Å².